The molecule has 1 aromatic heterocycles. The summed E-state index contributed by atoms with van der Waals surface area (Å²) in [6.07, 6.45) is 3.17. The Morgan fingerprint density at radius 1 is 1.35 bits per heavy atom. The first-order valence-electron chi connectivity index (χ1n) is 6.50. The van der Waals surface area contributed by atoms with Crippen molar-refractivity contribution >= 4 is 5.97 Å². The summed E-state index contributed by atoms with van der Waals surface area (Å²) >= 11 is 0. The Balaban J connectivity index is 2.26. The van der Waals surface area contributed by atoms with Gasteiger partial charge in [-0.05, 0) is 31.5 Å². The Morgan fingerprint density at radius 3 is 2.65 bits per heavy atom. The molecule has 0 saturated heterocycles. The molecule has 2 aromatic rings. The molecule has 5 heteroatoms. The van der Waals surface area contributed by atoms with E-state index >= 15 is 0 Å². The maximum Gasteiger partial charge on any atom is 0.356 e. The van der Waals surface area contributed by atoms with Crippen molar-refractivity contribution in [3.63, 3.8) is 0 Å². The van der Waals surface area contributed by atoms with E-state index in [1.54, 1.807) is 24.9 Å². The number of nitrogens with zero attached hydrogens (tertiary/aromatic N) is 2. The van der Waals surface area contributed by atoms with Gasteiger partial charge in [0.1, 0.15) is 11.4 Å². The molecule has 5 nitrogen and oxygen atoms in total. The summed E-state index contributed by atoms with van der Waals surface area (Å²) in [7, 11) is 1.63. The lowest BCUT2D eigenvalue weighted by Crippen LogP contribution is -2.15. The summed E-state index contributed by atoms with van der Waals surface area (Å²) in [6.45, 7) is 4.14. The van der Waals surface area contributed by atoms with E-state index < -0.39 is 0 Å². The van der Waals surface area contributed by atoms with Gasteiger partial charge in [-0.25, -0.2) is 9.78 Å². The lowest BCUT2D eigenvalue weighted by atomic mass is 10.1. The summed E-state index contributed by atoms with van der Waals surface area (Å²) in [5, 5.41) is 0. The molecule has 0 radical (unpaired) electrons. The van der Waals surface area contributed by atoms with Crippen LogP contribution in [0, 0.1) is 0 Å². The molecule has 0 bridgehead atoms. The average molecular weight is 274 g/mol. The summed E-state index contributed by atoms with van der Waals surface area (Å²) in [5.74, 6) is 0.447. The van der Waals surface area contributed by atoms with Crippen LogP contribution in [0.4, 0.5) is 0 Å². The van der Waals surface area contributed by atoms with Crippen molar-refractivity contribution in [3.05, 3.63) is 48.0 Å². The number of carbonyl (C=O) groups excluding carboxylic acids is 1. The topological polar surface area (TPSA) is 53.3 Å². The third-order valence-corrected chi connectivity index (χ3v) is 3.17. The SMILES string of the molecule is CCOC(=O)c1cncn1[C@H](C)c1ccc(OC)cc1. The number of rotatable bonds is 5. The first-order valence-corrected chi connectivity index (χ1v) is 6.50. The van der Waals surface area contributed by atoms with E-state index in [1.807, 2.05) is 31.2 Å². The third-order valence-electron chi connectivity index (χ3n) is 3.17. The van der Waals surface area contributed by atoms with Crippen molar-refractivity contribution in [2.75, 3.05) is 13.7 Å². The second-order valence-electron chi connectivity index (χ2n) is 4.36. The molecule has 0 unspecified atom stereocenters. The van der Waals surface area contributed by atoms with E-state index in [9.17, 15) is 4.79 Å². The maximum absolute atomic E-state index is 11.9. The van der Waals surface area contributed by atoms with Gasteiger partial charge >= 0.3 is 5.97 Å². The second kappa shape index (κ2) is 6.23. The Kier molecular flexibility index (Phi) is 4.40. The van der Waals surface area contributed by atoms with E-state index in [2.05, 4.69) is 4.98 Å². The zero-order valence-electron chi connectivity index (χ0n) is 11.9. The molecule has 0 spiro atoms. The molecule has 0 N–H and O–H groups in total. The Morgan fingerprint density at radius 2 is 2.05 bits per heavy atom. The molecular formula is C15H18N2O3. The summed E-state index contributed by atoms with van der Waals surface area (Å²) in [6, 6.07) is 7.72. The fraction of sp³-hybridized carbons (Fsp3) is 0.333. The van der Waals surface area contributed by atoms with Gasteiger partial charge in [0, 0.05) is 0 Å². The number of imidazole rings is 1. The van der Waals surface area contributed by atoms with Gasteiger partial charge in [0.15, 0.2) is 0 Å². The normalized spacial score (nSPS) is 11.9. The Labute approximate surface area is 118 Å². The molecule has 0 fully saturated rings. The van der Waals surface area contributed by atoms with E-state index in [0.29, 0.717) is 12.3 Å². The number of aromatic nitrogens is 2. The largest absolute Gasteiger partial charge is 0.497 e. The molecule has 1 heterocycles. The van der Waals surface area contributed by atoms with E-state index in [4.69, 9.17) is 9.47 Å². The van der Waals surface area contributed by atoms with Crippen molar-refractivity contribution in [1.29, 1.82) is 0 Å². The van der Waals surface area contributed by atoms with Crippen LogP contribution in [-0.2, 0) is 4.74 Å². The number of methoxy groups -OCH3 is 1. The fourth-order valence-corrected chi connectivity index (χ4v) is 2.02. The number of ether oxygens (including phenoxy) is 2. The minimum atomic E-state index is -0.356. The quantitative estimate of drug-likeness (QED) is 0.787. The van der Waals surface area contributed by atoms with Crippen molar-refractivity contribution in [2.24, 2.45) is 0 Å². The van der Waals surface area contributed by atoms with Gasteiger partial charge in [0.05, 0.1) is 32.3 Å². The van der Waals surface area contributed by atoms with Crippen molar-refractivity contribution < 1.29 is 14.3 Å². The molecule has 2 rings (SSSR count). The van der Waals surface area contributed by atoms with Crippen LogP contribution >= 0.6 is 0 Å². The van der Waals surface area contributed by atoms with Crippen LogP contribution in [0.3, 0.4) is 0 Å². The maximum atomic E-state index is 11.9. The number of esters is 1. The number of hydrogen-bond donors (Lipinski definition) is 0. The van der Waals surface area contributed by atoms with Gasteiger partial charge < -0.3 is 14.0 Å². The summed E-state index contributed by atoms with van der Waals surface area (Å²) < 4.78 is 12.0. The van der Waals surface area contributed by atoms with Crippen LogP contribution in [-0.4, -0.2) is 29.2 Å². The fourth-order valence-electron chi connectivity index (χ4n) is 2.02. The molecule has 0 aliphatic rings. The van der Waals surface area contributed by atoms with E-state index in [1.165, 1.54) is 6.20 Å². The molecule has 0 amide bonds. The first kappa shape index (κ1) is 14.1. The first-order chi connectivity index (χ1) is 9.67. The van der Waals surface area contributed by atoms with Crippen molar-refractivity contribution in [1.82, 2.24) is 9.55 Å². The van der Waals surface area contributed by atoms with Gasteiger partial charge in [-0.15, -0.1) is 0 Å². The average Bonchev–Trinajstić information content (AvgIpc) is 2.96. The molecule has 1 aromatic carbocycles. The molecular weight excluding hydrogens is 256 g/mol. The van der Waals surface area contributed by atoms with E-state index in [0.717, 1.165) is 11.3 Å². The standard InChI is InChI=1S/C15H18N2O3/c1-4-20-15(18)14-9-16-10-17(14)11(2)12-5-7-13(19-3)8-6-12/h5-11H,4H2,1-3H3/t11-/m1/s1. The minimum Gasteiger partial charge on any atom is -0.497 e. The minimum absolute atomic E-state index is 0.0113. The number of carbonyl (C=O) groups is 1. The van der Waals surface area contributed by atoms with Gasteiger partial charge in [-0.1, -0.05) is 12.1 Å². The van der Waals surface area contributed by atoms with Gasteiger partial charge in [0.25, 0.3) is 0 Å². The second-order valence-corrected chi connectivity index (χ2v) is 4.36. The van der Waals surface area contributed by atoms with Gasteiger partial charge in [-0.2, -0.15) is 0 Å². The molecule has 0 aliphatic heterocycles. The highest BCUT2D eigenvalue weighted by atomic mass is 16.5. The Hall–Kier alpha value is -2.30. The predicted molar refractivity (Wildman–Crippen MR) is 75.0 cm³/mol. The number of benzene rings is 1. The molecule has 0 saturated carbocycles. The van der Waals surface area contributed by atoms with Gasteiger partial charge in [-0.3, -0.25) is 0 Å². The van der Waals surface area contributed by atoms with Crippen LogP contribution in [0.15, 0.2) is 36.8 Å². The van der Waals surface area contributed by atoms with Crippen molar-refractivity contribution in [3.8, 4) is 5.75 Å². The lowest BCUT2D eigenvalue weighted by Gasteiger charge is -2.16. The van der Waals surface area contributed by atoms with Crippen LogP contribution in [0.2, 0.25) is 0 Å². The highest BCUT2D eigenvalue weighted by molar-refractivity contribution is 5.87. The van der Waals surface area contributed by atoms with Crippen LogP contribution in [0.1, 0.15) is 35.9 Å². The van der Waals surface area contributed by atoms with Gasteiger partial charge in [0.2, 0.25) is 0 Å². The monoisotopic (exact) mass is 274 g/mol. The predicted octanol–water partition coefficient (Wildman–Crippen LogP) is 2.68. The third kappa shape index (κ3) is 2.82. The molecule has 20 heavy (non-hydrogen) atoms. The van der Waals surface area contributed by atoms with Crippen LogP contribution in [0.25, 0.3) is 0 Å². The highest BCUT2D eigenvalue weighted by Crippen LogP contribution is 2.22. The van der Waals surface area contributed by atoms with Crippen LogP contribution < -0.4 is 4.74 Å². The van der Waals surface area contributed by atoms with E-state index in [-0.39, 0.29) is 12.0 Å². The van der Waals surface area contributed by atoms with Crippen LogP contribution in [0.5, 0.6) is 5.75 Å². The smallest absolute Gasteiger partial charge is 0.356 e. The highest BCUT2D eigenvalue weighted by Gasteiger charge is 2.17. The summed E-state index contributed by atoms with van der Waals surface area (Å²) in [5.41, 5.74) is 1.52. The Bertz CT molecular complexity index is 575. The summed E-state index contributed by atoms with van der Waals surface area (Å²) in [4.78, 5) is 15.9. The van der Waals surface area contributed by atoms with Crippen molar-refractivity contribution in [2.45, 2.75) is 19.9 Å². The molecule has 0 aliphatic carbocycles. The zero-order chi connectivity index (χ0) is 14.5. The molecule has 106 valence electrons. The lowest BCUT2D eigenvalue weighted by molar-refractivity contribution is 0.0512. The molecule has 1 atom stereocenters. The number of hydrogen-bond acceptors (Lipinski definition) is 4. The zero-order valence-corrected chi connectivity index (χ0v) is 11.9.